The summed E-state index contributed by atoms with van der Waals surface area (Å²) in [6.07, 6.45) is 0.439. The molecule has 0 aliphatic carbocycles. The number of thiazole rings is 1. The van der Waals surface area contributed by atoms with Gasteiger partial charge in [-0.05, 0) is 37.3 Å². The predicted molar refractivity (Wildman–Crippen MR) is 115 cm³/mol. The van der Waals surface area contributed by atoms with Crippen LogP contribution in [0.4, 0.5) is 17.6 Å². The van der Waals surface area contributed by atoms with Crippen molar-refractivity contribution in [2.75, 3.05) is 0 Å². The molecule has 11 heteroatoms. The highest BCUT2D eigenvalue weighted by molar-refractivity contribution is 7.07. The van der Waals surface area contributed by atoms with Gasteiger partial charge in [-0.25, -0.2) is 18.4 Å². The molecule has 0 spiro atoms. The van der Waals surface area contributed by atoms with Crippen LogP contribution in [-0.2, 0) is 4.79 Å². The van der Waals surface area contributed by atoms with Gasteiger partial charge in [-0.2, -0.15) is 13.9 Å². The second-order valence-corrected chi connectivity index (χ2v) is 8.23. The number of nitrogens with zero attached hydrogens (tertiary/aromatic N) is 3. The molecule has 0 saturated heterocycles. The molecule has 0 radical (unpaired) electrons. The van der Waals surface area contributed by atoms with Crippen LogP contribution in [0.2, 0.25) is 0 Å². The molecule has 2 atom stereocenters. The molecule has 0 saturated carbocycles. The van der Waals surface area contributed by atoms with Crippen LogP contribution in [0.15, 0.2) is 53.5 Å². The van der Waals surface area contributed by atoms with E-state index in [1.807, 2.05) is 5.38 Å². The van der Waals surface area contributed by atoms with E-state index in [0.29, 0.717) is 29.9 Å². The van der Waals surface area contributed by atoms with Crippen molar-refractivity contribution >= 4 is 28.1 Å². The maximum Gasteiger partial charge on any atom is 0.321 e. The number of nitrogens with one attached hydrogen (secondary N) is 1. The predicted octanol–water partition coefficient (Wildman–Crippen LogP) is 5.04. The van der Waals surface area contributed by atoms with E-state index < -0.39 is 35.6 Å². The summed E-state index contributed by atoms with van der Waals surface area (Å²) in [6, 6.07) is 6.68. The van der Waals surface area contributed by atoms with E-state index >= 15 is 0 Å². The molecule has 0 unspecified atom stereocenters. The van der Waals surface area contributed by atoms with Crippen LogP contribution < -0.4 is 10.1 Å². The van der Waals surface area contributed by atoms with Gasteiger partial charge < -0.3 is 10.1 Å². The fourth-order valence-electron chi connectivity index (χ4n) is 3.33. The van der Waals surface area contributed by atoms with Crippen LogP contribution >= 0.6 is 11.3 Å². The number of benzene rings is 2. The molecule has 33 heavy (non-hydrogen) atoms. The number of ether oxygens (including phenoxy) is 1. The number of rotatable bonds is 7. The van der Waals surface area contributed by atoms with E-state index in [1.165, 1.54) is 18.3 Å². The fourth-order valence-corrected chi connectivity index (χ4v) is 3.84. The summed E-state index contributed by atoms with van der Waals surface area (Å²) in [7, 11) is 0. The quantitative estimate of drug-likeness (QED) is 0.378. The average Bonchev–Trinajstić information content (AvgIpc) is 3.39. The lowest BCUT2D eigenvalue weighted by molar-refractivity contribution is -0.144. The number of amides is 1. The van der Waals surface area contributed by atoms with Gasteiger partial charge in [0.05, 0.1) is 23.3 Å². The van der Waals surface area contributed by atoms with Gasteiger partial charge in [0.15, 0.2) is 5.82 Å². The third-order valence-electron chi connectivity index (χ3n) is 4.86. The standard InChI is InChI=1S/C22H18F4N4O2S/c1-12(29-21(31)22(2,25)26)20(13-5-15(23)8-16(24)6-13)32-17-3-4-18-14(7-17)9-28-30(18)19-10-33-11-27-19/h3-12,20H,1-2H3,(H,29,31)/t12-,20-/m0/s1. The lowest BCUT2D eigenvalue weighted by Gasteiger charge is -2.27. The monoisotopic (exact) mass is 478 g/mol. The SMILES string of the molecule is C[C@H](NC(=O)C(C)(F)F)[C@H](Oc1ccc2c(cnn2-c2cscn2)c1)c1cc(F)cc(F)c1. The van der Waals surface area contributed by atoms with Crippen molar-refractivity contribution in [1.29, 1.82) is 0 Å². The largest absolute Gasteiger partial charge is 0.484 e. The molecular weight excluding hydrogens is 460 g/mol. The van der Waals surface area contributed by atoms with E-state index in [-0.39, 0.29) is 5.56 Å². The zero-order valence-corrected chi connectivity index (χ0v) is 18.2. The van der Waals surface area contributed by atoms with Crippen LogP contribution in [0.5, 0.6) is 5.75 Å². The van der Waals surface area contributed by atoms with Gasteiger partial charge in [0.2, 0.25) is 0 Å². The van der Waals surface area contributed by atoms with E-state index in [2.05, 4.69) is 15.4 Å². The molecule has 0 bridgehead atoms. The number of hydrogen-bond donors (Lipinski definition) is 1. The van der Waals surface area contributed by atoms with Crippen molar-refractivity contribution in [1.82, 2.24) is 20.1 Å². The van der Waals surface area contributed by atoms with Crippen LogP contribution in [0.1, 0.15) is 25.5 Å². The molecule has 1 amide bonds. The fraction of sp³-hybridized carbons (Fsp3) is 0.227. The molecule has 4 aromatic rings. The Bertz CT molecular complexity index is 1270. The first-order valence-corrected chi connectivity index (χ1v) is 10.7. The molecule has 0 aliphatic heterocycles. The van der Waals surface area contributed by atoms with Crippen molar-refractivity contribution in [2.24, 2.45) is 0 Å². The van der Waals surface area contributed by atoms with Crippen molar-refractivity contribution in [2.45, 2.75) is 31.9 Å². The summed E-state index contributed by atoms with van der Waals surface area (Å²) < 4.78 is 62.1. The van der Waals surface area contributed by atoms with Crippen molar-refractivity contribution in [3.63, 3.8) is 0 Å². The zero-order valence-electron chi connectivity index (χ0n) is 17.4. The van der Waals surface area contributed by atoms with Crippen LogP contribution in [0.3, 0.4) is 0 Å². The van der Waals surface area contributed by atoms with Gasteiger partial charge in [0, 0.05) is 29.3 Å². The minimum Gasteiger partial charge on any atom is -0.484 e. The number of alkyl halides is 2. The average molecular weight is 478 g/mol. The first-order valence-electron chi connectivity index (χ1n) is 9.79. The van der Waals surface area contributed by atoms with E-state index in [9.17, 15) is 22.4 Å². The first kappa shape index (κ1) is 22.7. The molecule has 6 nitrogen and oxygen atoms in total. The maximum absolute atomic E-state index is 13.9. The summed E-state index contributed by atoms with van der Waals surface area (Å²) >= 11 is 1.42. The second-order valence-electron chi connectivity index (χ2n) is 7.52. The Hall–Kier alpha value is -3.47. The molecule has 4 rings (SSSR count). The second kappa shape index (κ2) is 8.81. The molecule has 0 aliphatic rings. The number of fused-ring (bicyclic) bond motifs is 1. The number of carbonyl (C=O) groups is 1. The number of halogens is 4. The van der Waals surface area contributed by atoms with Gasteiger partial charge in [0.25, 0.3) is 5.91 Å². The highest BCUT2D eigenvalue weighted by Gasteiger charge is 2.35. The maximum atomic E-state index is 13.9. The van der Waals surface area contributed by atoms with Gasteiger partial charge >= 0.3 is 5.92 Å². The van der Waals surface area contributed by atoms with Gasteiger partial charge in [-0.3, -0.25) is 4.79 Å². The molecule has 0 fully saturated rings. The molecule has 2 aromatic heterocycles. The van der Waals surface area contributed by atoms with Crippen LogP contribution in [-0.4, -0.2) is 32.6 Å². The van der Waals surface area contributed by atoms with E-state index in [4.69, 9.17) is 4.74 Å². The third-order valence-corrected chi connectivity index (χ3v) is 5.44. The smallest absolute Gasteiger partial charge is 0.321 e. The van der Waals surface area contributed by atoms with Crippen LogP contribution in [0, 0.1) is 11.6 Å². The molecule has 2 aromatic carbocycles. The van der Waals surface area contributed by atoms with E-state index in [1.54, 1.807) is 34.6 Å². The van der Waals surface area contributed by atoms with Gasteiger partial charge in [0.1, 0.15) is 23.5 Å². The minimum absolute atomic E-state index is 0.0398. The molecule has 172 valence electrons. The number of aromatic nitrogens is 3. The highest BCUT2D eigenvalue weighted by atomic mass is 32.1. The summed E-state index contributed by atoms with van der Waals surface area (Å²) in [5.74, 6) is -5.95. The Morgan fingerprint density at radius 2 is 1.91 bits per heavy atom. The topological polar surface area (TPSA) is 69.0 Å². The first-order chi connectivity index (χ1) is 15.6. The Balaban J connectivity index is 1.67. The Kier molecular flexibility index (Phi) is 6.07. The summed E-state index contributed by atoms with van der Waals surface area (Å²) in [5, 5.41) is 8.99. The Morgan fingerprint density at radius 1 is 1.18 bits per heavy atom. The van der Waals surface area contributed by atoms with E-state index in [0.717, 1.165) is 17.6 Å². The third kappa shape index (κ3) is 4.98. The normalized spacial score (nSPS) is 13.6. The number of hydrogen-bond acceptors (Lipinski definition) is 5. The number of carbonyl (C=O) groups excluding carboxylic acids is 1. The lowest BCUT2D eigenvalue weighted by atomic mass is 10.0. The molecular formula is C22H18F4N4O2S. The zero-order chi connectivity index (χ0) is 23.8. The molecule has 1 N–H and O–H groups in total. The van der Waals surface area contributed by atoms with Crippen molar-refractivity contribution in [3.8, 4) is 11.6 Å². The summed E-state index contributed by atoms with van der Waals surface area (Å²) in [5.41, 5.74) is 2.46. The summed E-state index contributed by atoms with van der Waals surface area (Å²) in [4.78, 5) is 16.0. The highest BCUT2D eigenvalue weighted by Crippen LogP contribution is 2.30. The Morgan fingerprint density at radius 3 is 2.55 bits per heavy atom. The molecule has 2 heterocycles. The van der Waals surface area contributed by atoms with Gasteiger partial charge in [-0.1, -0.05) is 0 Å². The van der Waals surface area contributed by atoms with Crippen molar-refractivity contribution < 1.29 is 27.1 Å². The van der Waals surface area contributed by atoms with Crippen molar-refractivity contribution in [3.05, 3.63) is 70.7 Å². The Labute approximate surface area is 189 Å². The summed E-state index contributed by atoms with van der Waals surface area (Å²) in [6.45, 7) is 1.87. The van der Waals surface area contributed by atoms with Gasteiger partial charge in [-0.15, -0.1) is 11.3 Å². The minimum atomic E-state index is -3.63. The van der Waals surface area contributed by atoms with Crippen LogP contribution in [0.25, 0.3) is 16.7 Å². The lowest BCUT2D eigenvalue weighted by Crippen LogP contribution is -2.46.